The minimum Gasteiger partial charge on any atom is -0.494 e. The molecule has 0 bridgehead atoms. The number of carbonyl (C=O) groups is 1. The van der Waals surface area contributed by atoms with Crippen LogP contribution in [0.3, 0.4) is 0 Å². The van der Waals surface area contributed by atoms with Gasteiger partial charge in [-0.2, -0.15) is 0 Å². The number of unbranched alkanes of at least 4 members (excludes halogenated alkanes) is 1. The Bertz CT molecular complexity index is 955. The Morgan fingerprint density at radius 2 is 2.14 bits per heavy atom. The Morgan fingerprint density at radius 1 is 1.28 bits per heavy atom. The van der Waals surface area contributed by atoms with E-state index >= 15 is 0 Å². The lowest BCUT2D eigenvalue weighted by atomic mass is 9.97. The SMILES string of the molecule is CCCCOc1ccc(NC(=O)[C@@H]2CCCN(c3ncnc4nc[nH]c34)C2)cc1. The number of hydrogen-bond acceptors (Lipinski definition) is 6. The monoisotopic (exact) mass is 394 g/mol. The minimum atomic E-state index is -0.0998. The van der Waals surface area contributed by atoms with Crippen molar-refractivity contribution in [3.8, 4) is 5.75 Å². The average Bonchev–Trinajstić information content (AvgIpc) is 3.24. The first-order valence-corrected chi connectivity index (χ1v) is 10.2. The molecule has 2 N–H and O–H groups in total. The molecule has 1 aliphatic heterocycles. The fourth-order valence-electron chi connectivity index (χ4n) is 3.59. The zero-order chi connectivity index (χ0) is 20.1. The van der Waals surface area contributed by atoms with E-state index in [4.69, 9.17) is 4.74 Å². The smallest absolute Gasteiger partial charge is 0.229 e. The molecule has 1 aliphatic rings. The van der Waals surface area contributed by atoms with Gasteiger partial charge in [0.2, 0.25) is 5.91 Å². The number of aromatic amines is 1. The summed E-state index contributed by atoms with van der Waals surface area (Å²) in [5.74, 6) is 1.56. The van der Waals surface area contributed by atoms with Crippen molar-refractivity contribution in [1.82, 2.24) is 19.9 Å². The highest BCUT2D eigenvalue weighted by molar-refractivity contribution is 5.93. The van der Waals surface area contributed by atoms with Gasteiger partial charge in [0, 0.05) is 18.8 Å². The highest BCUT2D eigenvalue weighted by Gasteiger charge is 2.28. The van der Waals surface area contributed by atoms with E-state index in [1.54, 1.807) is 6.33 Å². The normalized spacial score (nSPS) is 16.7. The third-order valence-electron chi connectivity index (χ3n) is 5.18. The van der Waals surface area contributed by atoms with E-state index in [0.29, 0.717) is 18.8 Å². The maximum absolute atomic E-state index is 12.8. The summed E-state index contributed by atoms with van der Waals surface area (Å²) < 4.78 is 5.67. The number of benzene rings is 1. The van der Waals surface area contributed by atoms with Gasteiger partial charge in [-0.15, -0.1) is 0 Å². The van der Waals surface area contributed by atoms with Crippen LogP contribution >= 0.6 is 0 Å². The first-order valence-electron chi connectivity index (χ1n) is 10.2. The van der Waals surface area contributed by atoms with Crippen LogP contribution in [0.25, 0.3) is 11.2 Å². The van der Waals surface area contributed by atoms with Crippen LogP contribution < -0.4 is 15.0 Å². The number of H-pyrrole nitrogens is 1. The van der Waals surface area contributed by atoms with Gasteiger partial charge in [0.25, 0.3) is 0 Å². The molecule has 1 fully saturated rings. The number of fused-ring (bicyclic) bond motifs is 1. The molecule has 1 aromatic carbocycles. The molecule has 0 radical (unpaired) electrons. The van der Waals surface area contributed by atoms with Crippen LogP contribution in [0.4, 0.5) is 11.5 Å². The lowest BCUT2D eigenvalue weighted by Crippen LogP contribution is -2.41. The number of nitrogens with zero attached hydrogens (tertiary/aromatic N) is 4. The van der Waals surface area contributed by atoms with E-state index < -0.39 is 0 Å². The predicted molar refractivity (Wildman–Crippen MR) is 112 cm³/mol. The third-order valence-corrected chi connectivity index (χ3v) is 5.18. The summed E-state index contributed by atoms with van der Waals surface area (Å²) in [7, 11) is 0. The number of piperidine rings is 1. The van der Waals surface area contributed by atoms with Gasteiger partial charge in [-0.05, 0) is 43.5 Å². The third kappa shape index (κ3) is 4.47. The van der Waals surface area contributed by atoms with Gasteiger partial charge in [0.15, 0.2) is 11.5 Å². The summed E-state index contributed by atoms with van der Waals surface area (Å²) in [5.41, 5.74) is 2.24. The van der Waals surface area contributed by atoms with Crippen molar-refractivity contribution in [2.45, 2.75) is 32.6 Å². The Morgan fingerprint density at radius 3 is 2.97 bits per heavy atom. The molecule has 1 amide bonds. The molecule has 152 valence electrons. The van der Waals surface area contributed by atoms with Crippen LogP contribution in [0.2, 0.25) is 0 Å². The largest absolute Gasteiger partial charge is 0.494 e. The second kappa shape index (κ2) is 8.89. The van der Waals surface area contributed by atoms with Gasteiger partial charge >= 0.3 is 0 Å². The number of aromatic nitrogens is 4. The van der Waals surface area contributed by atoms with Gasteiger partial charge < -0.3 is 19.9 Å². The van der Waals surface area contributed by atoms with Crippen molar-refractivity contribution in [1.29, 1.82) is 0 Å². The summed E-state index contributed by atoms with van der Waals surface area (Å²) in [6, 6.07) is 7.57. The molecular formula is C21H26N6O2. The second-order valence-corrected chi connectivity index (χ2v) is 7.30. The Balaban J connectivity index is 1.38. The second-order valence-electron chi connectivity index (χ2n) is 7.30. The first-order chi connectivity index (χ1) is 14.2. The number of amides is 1. The number of anilines is 2. The van der Waals surface area contributed by atoms with E-state index in [2.05, 4.69) is 37.1 Å². The van der Waals surface area contributed by atoms with Crippen molar-refractivity contribution in [3.63, 3.8) is 0 Å². The Labute approximate surface area is 169 Å². The average molecular weight is 394 g/mol. The molecular weight excluding hydrogens is 368 g/mol. The molecule has 3 heterocycles. The molecule has 8 nitrogen and oxygen atoms in total. The molecule has 8 heteroatoms. The zero-order valence-corrected chi connectivity index (χ0v) is 16.6. The summed E-state index contributed by atoms with van der Waals surface area (Å²) in [6.45, 7) is 4.33. The van der Waals surface area contributed by atoms with Gasteiger partial charge in [-0.3, -0.25) is 4.79 Å². The lowest BCUT2D eigenvalue weighted by Gasteiger charge is -2.32. The van der Waals surface area contributed by atoms with Crippen molar-refractivity contribution in [2.24, 2.45) is 5.92 Å². The van der Waals surface area contributed by atoms with Gasteiger partial charge in [0.05, 0.1) is 18.9 Å². The van der Waals surface area contributed by atoms with E-state index in [1.165, 1.54) is 6.33 Å². The minimum absolute atomic E-state index is 0.0317. The van der Waals surface area contributed by atoms with E-state index in [9.17, 15) is 4.79 Å². The van der Waals surface area contributed by atoms with Crippen molar-refractivity contribution in [2.75, 3.05) is 29.9 Å². The molecule has 4 rings (SSSR count). The summed E-state index contributed by atoms with van der Waals surface area (Å²) in [5, 5.41) is 3.04. The molecule has 0 aliphatic carbocycles. The standard InChI is InChI=1S/C21H26N6O2/c1-2-3-11-29-17-8-6-16(7-9-17)26-21(28)15-5-4-10-27(12-15)20-18-19(23-13-22-18)24-14-25-20/h6-9,13-15H,2-5,10-12H2,1H3,(H,26,28)(H,22,23,24,25)/t15-/m1/s1. The number of imidazole rings is 1. The fourth-order valence-corrected chi connectivity index (χ4v) is 3.59. The van der Waals surface area contributed by atoms with Crippen molar-refractivity contribution < 1.29 is 9.53 Å². The summed E-state index contributed by atoms with van der Waals surface area (Å²) >= 11 is 0. The van der Waals surface area contributed by atoms with E-state index in [1.807, 2.05) is 24.3 Å². The number of rotatable bonds is 7. The van der Waals surface area contributed by atoms with E-state index in [-0.39, 0.29) is 11.8 Å². The molecule has 3 aromatic rings. The number of nitrogens with one attached hydrogen (secondary N) is 2. The highest BCUT2D eigenvalue weighted by Crippen LogP contribution is 2.26. The van der Waals surface area contributed by atoms with Crippen LogP contribution in [-0.2, 0) is 4.79 Å². The molecule has 1 atom stereocenters. The molecule has 0 saturated carbocycles. The number of hydrogen-bond donors (Lipinski definition) is 2. The molecule has 2 aromatic heterocycles. The lowest BCUT2D eigenvalue weighted by molar-refractivity contribution is -0.120. The molecule has 0 unspecified atom stereocenters. The molecule has 29 heavy (non-hydrogen) atoms. The van der Waals surface area contributed by atoms with Crippen LogP contribution in [0.1, 0.15) is 32.6 Å². The summed E-state index contributed by atoms with van der Waals surface area (Å²) in [4.78, 5) is 30.9. The Kier molecular flexibility index (Phi) is 5.88. The van der Waals surface area contributed by atoms with Crippen LogP contribution in [0, 0.1) is 5.92 Å². The van der Waals surface area contributed by atoms with Crippen molar-refractivity contribution in [3.05, 3.63) is 36.9 Å². The van der Waals surface area contributed by atoms with Crippen LogP contribution in [0.15, 0.2) is 36.9 Å². The highest BCUT2D eigenvalue weighted by atomic mass is 16.5. The van der Waals surface area contributed by atoms with Crippen molar-refractivity contribution >= 4 is 28.6 Å². The first kappa shape index (κ1) is 19.2. The summed E-state index contributed by atoms with van der Waals surface area (Å²) in [6.07, 6.45) is 7.07. The van der Waals surface area contributed by atoms with Crippen LogP contribution in [0.5, 0.6) is 5.75 Å². The quantitative estimate of drug-likeness (QED) is 0.597. The molecule has 0 spiro atoms. The van der Waals surface area contributed by atoms with Gasteiger partial charge in [-0.25, -0.2) is 15.0 Å². The Hall–Kier alpha value is -3.16. The maximum atomic E-state index is 12.8. The maximum Gasteiger partial charge on any atom is 0.229 e. The zero-order valence-electron chi connectivity index (χ0n) is 16.6. The number of carbonyl (C=O) groups excluding carboxylic acids is 1. The van der Waals surface area contributed by atoms with Gasteiger partial charge in [0.1, 0.15) is 17.6 Å². The van der Waals surface area contributed by atoms with E-state index in [0.717, 1.165) is 55.0 Å². The topological polar surface area (TPSA) is 96.0 Å². The van der Waals surface area contributed by atoms with Gasteiger partial charge in [-0.1, -0.05) is 13.3 Å². The fraction of sp³-hybridized carbons (Fsp3) is 0.429. The number of ether oxygens (including phenoxy) is 1. The van der Waals surface area contributed by atoms with Crippen LogP contribution in [-0.4, -0.2) is 45.5 Å². The predicted octanol–water partition coefficient (Wildman–Crippen LogP) is 3.39. The molecule has 1 saturated heterocycles.